The number of ether oxygens (including phenoxy) is 1. The highest BCUT2D eigenvalue weighted by atomic mass is 35.5. The molecule has 0 unspecified atom stereocenters. The summed E-state index contributed by atoms with van der Waals surface area (Å²) in [6.07, 6.45) is -4.35. The molecule has 1 saturated heterocycles. The Morgan fingerprint density at radius 2 is 2.09 bits per heavy atom. The zero-order chi connectivity index (χ0) is 15.6. The van der Waals surface area contributed by atoms with Crippen molar-refractivity contribution >= 4 is 12.4 Å². The van der Waals surface area contributed by atoms with Crippen LogP contribution in [-0.4, -0.2) is 53.1 Å². The second kappa shape index (κ2) is 7.52. The number of aryl methyl sites for hydroxylation is 2. The van der Waals surface area contributed by atoms with E-state index in [9.17, 15) is 13.2 Å². The zero-order valence-electron chi connectivity index (χ0n) is 12.9. The monoisotopic (exact) mass is 342 g/mol. The summed E-state index contributed by atoms with van der Waals surface area (Å²) < 4.78 is 43.4. The van der Waals surface area contributed by atoms with Gasteiger partial charge in [-0.15, -0.1) is 12.4 Å². The molecule has 0 spiro atoms. The molecule has 1 aromatic rings. The highest BCUT2D eigenvalue weighted by Crippen LogP contribution is 2.26. The molecule has 1 atom stereocenters. The third kappa shape index (κ3) is 5.03. The fourth-order valence-corrected chi connectivity index (χ4v) is 2.57. The van der Waals surface area contributed by atoms with Gasteiger partial charge in [0, 0.05) is 39.3 Å². The predicted molar refractivity (Wildman–Crippen MR) is 79.5 cm³/mol. The summed E-state index contributed by atoms with van der Waals surface area (Å²) in [5.74, 6) is 0.205. The van der Waals surface area contributed by atoms with Gasteiger partial charge >= 0.3 is 6.18 Å². The van der Waals surface area contributed by atoms with Crippen molar-refractivity contribution in [3.63, 3.8) is 0 Å². The molecule has 0 aliphatic carbocycles. The van der Waals surface area contributed by atoms with E-state index in [1.54, 1.807) is 14.0 Å². The van der Waals surface area contributed by atoms with Gasteiger partial charge in [-0.25, -0.2) is 4.68 Å². The van der Waals surface area contributed by atoms with E-state index in [0.29, 0.717) is 18.3 Å². The Balaban J connectivity index is 0.00000242. The average Bonchev–Trinajstić information content (AvgIpc) is 2.61. The summed E-state index contributed by atoms with van der Waals surface area (Å²) in [5.41, 5.74) is 1.44. The fraction of sp³-hybridized carbons (Fsp3) is 0.769. The lowest BCUT2D eigenvalue weighted by Gasteiger charge is -2.31. The van der Waals surface area contributed by atoms with Crippen LogP contribution in [0.4, 0.5) is 13.2 Å². The summed E-state index contributed by atoms with van der Waals surface area (Å²) >= 11 is 0. The third-order valence-corrected chi connectivity index (χ3v) is 3.50. The van der Waals surface area contributed by atoms with Crippen LogP contribution in [-0.2, 0) is 13.6 Å². The maximum absolute atomic E-state index is 12.3. The van der Waals surface area contributed by atoms with Crippen molar-refractivity contribution in [1.29, 1.82) is 0 Å². The molecule has 2 heterocycles. The van der Waals surface area contributed by atoms with E-state index < -0.39 is 12.8 Å². The fourth-order valence-electron chi connectivity index (χ4n) is 2.57. The van der Waals surface area contributed by atoms with Crippen molar-refractivity contribution in [3.05, 3.63) is 11.3 Å². The lowest BCUT2D eigenvalue weighted by atomic mass is 10.2. The van der Waals surface area contributed by atoms with Gasteiger partial charge in [-0.05, 0) is 13.8 Å². The first-order chi connectivity index (χ1) is 9.76. The number of nitrogens with zero attached hydrogens (tertiary/aromatic N) is 3. The third-order valence-electron chi connectivity index (χ3n) is 3.50. The first kappa shape index (κ1) is 19.1. The van der Waals surface area contributed by atoms with E-state index in [1.165, 1.54) is 4.68 Å². The van der Waals surface area contributed by atoms with Crippen molar-refractivity contribution < 1.29 is 17.9 Å². The number of piperazine rings is 1. The summed E-state index contributed by atoms with van der Waals surface area (Å²) in [7, 11) is 1.60. The highest BCUT2D eigenvalue weighted by molar-refractivity contribution is 5.85. The number of nitrogens with one attached hydrogen (secondary N) is 1. The van der Waals surface area contributed by atoms with Gasteiger partial charge in [0.2, 0.25) is 5.88 Å². The van der Waals surface area contributed by atoms with Crippen LogP contribution in [0.2, 0.25) is 0 Å². The van der Waals surface area contributed by atoms with E-state index >= 15 is 0 Å². The average molecular weight is 343 g/mol. The smallest absolute Gasteiger partial charge is 0.422 e. The van der Waals surface area contributed by atoms with Crippen LogP contribution in [0.3, 0.4) is 0 Å². The van der Waals surface area contributed by atoms with Crippen LogP contribution in [0.1, 0.15) is 18.2 Å². The molecule has 0 amide bonds. The molecule has 1 fully saturated rings. The van der Waals surface area contributed by atoms with Crippen molar-refractivity contribution in [2.45, 2.75) is 32.6 Å². The number of hydrogen-bond donors (Lipinski definition) is 1. The normalized spacial score (nSPS) is 19.8. The van der Waals surface area contributed by atoms with E-state index in [4.69, 9.17) is 4.74 Å². The molecule has 1 aliphatic rings. The molecule has 128 valence electrons. The first-order valence-electron chi connectivity index (χ1n) is 6.94. The van der Waals surface area contributed by atoms with E-state index in [0.717, 1.165) is 25.2 Å². The molecule has 22 heavy (non-hydrogen) atoms. The maximum atomic E-state index is 12.3. The second-order valence-electron chi connectivity index (χ2n) is 5.49. The number of halogens is 4. The molecule has 0 aromatic carbocycles. The lowest BCUT2D eigenvalue weighted by Crippen LogP contribution is -2.48. The van der Waals surface area contributed by atoms with E-state index in [1.807, 2.05) is 0 Å². The van der Waals surface area contributed by atoms with Crippen LogP contribution in [0, 0.1) is 6.92 Å². The van der Waals surface area contributed by atoms with Crippen molar-refractivity contribution in [2.24, 2.45) is 7.05 Å². The molecule has 1 aromatic heterocycles. The van der Waals surface area contributed by atoms with Gasteiger partial charge in [0.25, 0.3) is 0 Å². The molecule has 0 bridgehead atoms. The molecule has 5 nitrogen and oxygen atoms in total. The molecule has 0 radical (unpaired) electrons. The van der Waals surface area contributed by atoms with E-state index in [-0.39, 0.29) is 18.3 Å². The predicted octanol–water partition coefficient (Wildman–Crippen LogP) is 1.89. The maximum Gasteiger partial charge on any atom is 0.422 e. The highest BCUT2D eigenvalue weighted by Gasteiger charge is 2.30. The van der Waals surface area contributed by atoms with Crippen molar-refractivity contribution in [2.75, 3.05) is 26.2 Å². The van der Waals surface area contributed by atoms with Crippen LogP contribution >= 0.6 is 12.4 Å². The number of alkyl halides is 3. The summed E-state index contributed by atoms with van der Waals surface area (Å²) in [6.45, 7) is 5.73. The number of rotatable bonds is 4. The van der Waals surface area contributed by atoms with E-state index in [2.05, 4.69) is 22.2 Å². The van der Waals surface area contributed by atoms with Gasteiger partial charge in [-0.3, -0.25) is 4.90 Å². The lowest BCUT2D eigenvalue weighted by molar-refractivity contribution is -0.154. The number of aromatic nitrogens is 2. The first-order valence-corrected chi connectivity index (χ1v) is 6.94. The minimum absolute atomic E-state index is 0. The summed E-state index contributed by atoms with van der Waals surface area (Å²) in [4.78, 5) is 2.20. The van der Waals surface area contributed by atoms with Gasteiger partial charge < -0.3 is 10.1 Å². The topological polar surface area (TPSA) is 42.3 Å². The Morgan fingerprint density at radius 1 is 1.41 bits per heavy atom. The van der Waals surface area contributed by atoms with Crippen LogP contribution in [0.15, 0.2) is 0 Å². The Morgan fingerprint density at radius 3 is 2.68 bits per heavy atom. The Hall–Kier alpha value is -0.990. The largest absolute Gasteiger partial charge is 0.468 e. The quantitative estimate of drug-likeness (QED) is 0.907. The van der Waals surface area contributed by atoms with Crippen molar-refractivity contribution in [3.8, 4) is 5.88 Å². The molecule has 0 saturated carbocycles. The minimum atomic E-state index is -4.35. The van der Waals surface area contributed by atoms with Gasteiger partial charge in [0.1, 0.15) is 0 Å². The number of hydrogen-bond acceptors (Lipinski definition) is 4. The van der Waals surface area contributed by atoms with Gasteiger partial charge in [-0.1, -0.05) is 0 Å². The summed E-state index contributed by atoms with van der Waals surface area (Å²) in [6, 6.07) is 0.371. The molecule has 1 aliphatic heterocycles. The zero-order valence-corrected chi connectivity index (χ0v) is 13.7. The molecular weight excluding hydrogens is 321 g/mol. The van der Waals surface area contributed by atoms with Gasteiger partial charge in [-0.2, -0.15) is 18.3 Å². The second-order valence-corrected chi connectivity index (χ2v) is 5.49. The van der Waals surface area contributed by atoms with Crippen molar-refractivity contribution in [1.82, 2.24) is 20.0 Å². The SMILES string of the molecule is Cc1nn(C)c(OCC(F)(F)F)c1CN1CCN[C@H](C)C1.Cl. The minimum Gasteiger partial charge on any atom is -0.468 e. The Bertz CT molecular complexity index is 492. The van der Waals surface area contributed by atoms with Crippen LogP contribution in [0.5, 0.6) is 5.88 Å². The molecule has 9 heteroatoms. The standard InChI is InChI=1S/C13H21F3N4O.ClH/c1-9-6-20(5-4-17-9)7-11-10(2)18-19(3)12(11)21-8-13(14,15)16;/h9,17H,4-8H2,1-3H3;1H/t9-;/m1./s1. The molecular formula is C13H22ClF3N4O. The van der Waals surface area contributed by atoms with Crippen LogP contribution < -0.4 is 10.1 Å². The van der Waals surface area contributed by atoms with Gasteiger partial charge in [0.05, 0.1) is 11.3 Å². The molecule has 1 N–H and O–H groups in total. The molecule has 2 rings (SSSR count). The summed E-state index contributed by atoms with van der Waals surface area (Å²) in [5, 5.41) is 7.51. The van der Waals surface area contributed by atoms with Gasteiger partial charge in [0.15, 0.2) is 6.61 Å². The van der Waals surface area contributed by atoms with Crippen LogP contribution in [0.25, 0.3) is 0 Å². The Kier molecular flexibility index (Phi) is 6.51. The Labute approximate surface area is 134 Å².